The monoisotopic (exact) mass is 821 g/mol. The number of aliphatic hydroxyl groups excluding tert-OH is 3. The molecule has 0 bridgehead atoms. The molecule has 0 radical (unpaired) electrons. The summed E-state index contributed by atoms with van der Waals surface area (Å²) >= 11 is 0. The summed E-state index contributed by atoms with van der Waals surface area (Å²) in [6, 6.07) is 25.0. The van der Waals surface area contributed by atoms with Gasteiger partial charge in [0.15, 0.2) is 23.2 Å². The summed E-state index contributed by atoms with van der Waals surface area (Å²) in [5.74, 6) is -0.865. The van der Waals surface area contributed by atoms with Crippen LogP contribution in [0.15, 0.2) is 97.3 Å². The average Bonchev–Trinajstić information content (AvgIpc) is 3.85. The van der Waals surface area contributed by atoms with Crippen LogP contribution in [0, 0.1) is 0 Å². The molecule has 8 N–H and O–H groups in total. The molecule has 1 saturated heterocycles. The highest BCUT2D eigenvalue weighted by Gasteiger charge is 2.61. The third-order valence-electron chi connectivity index (χ3n) is 11.6. The number of para-hydroxylation sites is 1. The van der Waals surface area contributed by atoms with E-state index in [-0.39, 0.29) is 11.7 Å². The summed E-state index contributed by atoms with van der Waals surface area (Å²) in [5.41, 5.74) is 9.13. The number of hydrogen-bond acceptors (Lipinski definition) is 14. The van der Waals surface area contributed by atoms with Crippen molar-refractivity contribution in [2.24, 2.45) is 5.73 Å². The predicted octanol–water partition coefficient (Wildman–Crippen LogP) is 3.42. The van der Waals surface area contributed by atoms with Crippen molar-refractivity contribution in [1.82, 2.24) is 10.3 Å². The second-order valence-electron chi connectivity index (χ2n) is 15.2. The summed E-state index contributed by atoms with van der Waals surface area (Å²) in [6.07, 6.45) is -7.19. The number of aromatic nitrogens is 1. The number of H-pyrrole nitrogens is 1. The predicted molar refractivity (Wildman–Crippen MR) is 213 cm³/mol. The van der Waals surface area contributed by atoms with Crippen LogP contribution in [-0.2, 0) is 25.5 Å². The molecule has 4 aliphatic rings. The second kappa shape index (κ2) is 15.4. The third-order valence-corrected chi connectivity index (χ3v) is 11.6. The van der Waals surface area contributed by atoms with Gasteiger partial charge in [0.2, 0.25) is 12.0 Å². The summed E-state index contributed by atoms with van der Waals surface area (Å²) in [7, 11) is 3.13. The number of methoxy groups -OCH3 is 2. The van der Waals surface area contributed by atoms with E-state index < -0.39 is 73.0 Å². The zero-order valence-electron chi connectivity index (χ0n) is 32.4. The zero-order valence-corrected chi connectivity index (χ0v) is 32.4. The summed E-state index contributed by atoms with van der Waals surface area (Å²) in [6.45, 7) is 0. The Bertz CT molecular complexity index is 2470. The highest BCUT2D eigenvalue weighted by atomic mass is 16.7. The van der Waals surface area contributed by atoms with Gasteiger partial charge >= 0.3 is 11.9 Å². The first-order chi connectivity index (χ1) is 29.0. The van der Waals surface area contributed by atoms with Crippen LogP contribution in [0.2, 0.25) is 0 Å². The molecule has 4 aliphatic heterocycles. The minimum Gasteiger partial charge on any atom is -0.493 e. The van der Waals surface area contributed by atoms with Gasteiger partial charge in [-0.05, 0) is 41.6 Å². The van der Waals surface area contributed by atoms with Gasteiger partial charge in [0.1, 0.15) is 54.6 Å². The molecule has 60 heavy (non-hydrogen) atoms. The molecule has 0 amide bonds. The number of aliphatic hydroxyl groups is 3. The lowest BCUT2D eigenvalue weighted by atomic mass is 9.79. The van der Waals surface area contributed by atoms with Crippen LogP contribution < -0.4 is 34.7 Å². The van der Waals surface area contributed by atoms with Crippen molar-refractivity contribution in [3.05, 3.63) is 114 Å². The van der Waals surface area contributed by atoms with Gasteiger partial charge in [-0.3, -0.25) is 9.59 Å². The first-order valence-corrected chi connectivity index (χ1v) is 19.4. The molecule has 16 nitrogen and oxygen atoms in total. The topological polar surface area (TPSA) is 234 Å². The lowest BCUT2D eigenvalue weighted by molar-refractivity contribution is -0.321. The van der Waals surface area contributed by atoms with Crippen molar-refractivity contribution in [2.75, 3.05) is 14.2 Å². The lowest BCUT2D eigenvalue weighted by Gasteiger charge is -2.52. The van der Waals surface area contributed by atoms with Crippen molar-refractivity contribution in [1.29, 1.82) is 0 Å². The molecule has 1 spiro atoms. The minimum atomic E-state index is -2.09. The van der Waals surface area contributed by atoms with Crippen LogP contribution in [0.4, 0.5) is 0 Å². The van der Waals surface area contributed by atoms with Gasteiger partial charge in [0, 0.05) is 46.3 Å². The van der Waals surface area contributed by atoms with Gasteiger partial charge in [-0.25, -0.2) is 0 Å². The maximum absolute atomic E-state index is 12.6. The average molecular weight is 822 g/mol. The summed E-state index contributed by atoms with van der Waals surface area (Å²) in [4.78, 5) is 27.3. The quantitative estimate of drug-likeness (QED) is 0.0790. The van der Waals surface area contributed by atoms with Gasteiger partial charge in [-0.1, -0.05) is 54.6 Å². The maximum Gasteiger partial charge on any atom is 0.317 e. The largest absolute Gasteiger partial charge is 0.493 e. The van der Waals surface area contributed by atoms with E-state index in [1.54, 1.807) is 26.4 Å². The number of rotatable bonds is 10. The van der Waals surface area contributed by atoms with Gasteiger partial charge in [0.25, 0.3) is 0 Å². The number of ether oxygens (including phenoxy) is 7. The van der Waals surface area contributed by atoms with Crippen LogP contribution in [0.25, 0.3) is 22.0 Å². The van der Waals surface area contributed by atoms with E-state index in [9.17, 15) is 30.0 Å². The fourth-order valence-corrected chi connectivity index (χ4v) is 8.90. The molecule has 10 unspecified atom stereocenters. The molecule has 4 aromatic carbocycles. The van der Waals surface area contributed by atoms with Crippen LogP contribution in [0.1, 0.15) is 35.1 Å². The Labute approximate surface area is 343 Å². The number of carboxylic acid groups (broad SMARTS) is 1. The SMILES string of the molecule is COc1ccc2c(c1OC)OC1c3c(cc(OC4OC5(C=CNC(N)C5OC(=O)CC(=O)O)C(O)C(O)C4O)cc3-c3c[nH]c4ccccc34)OC(Cc3ccccc3)C21. The molecule has 16 heteroatoms. The molecule has 312 valence electrons. The second-order valence-corrected chi connectivity index (χ2v) is 15.2. The molecule has 0 saturated carbocycles. The Kier molecular flexibility index (Phi) is 10.0. The molecule has 1 aromatic heterocycles. The Balaban J connectivity index is 1.17. The number of hydrogen-bond donors (Lipinski definition) is 7. The number of carbonyl (C=O) groups is 2. The molecule has 1 fully saturated rings. The van der Waals surface area contributed by atoms with E-state index >= 15 is 0 Å². The lowest BCUT2D eigenvalue weighted by Crippen LogP contribution is -2.74. The molecular weight excluding hydrogens is 778 g/mol. The maximum atomic E-state index is 12.6. The van der Waals surface area contributed by atoms with Crippen LogP contribution in [-0.4, -0.2) is 100 Å². The number of carbonyl (C=O) groups excluding carboxylic acids is 1. The smallest absolute Gasteiger partial charge is 0.317 e. The van der Waals surface area contributed by atoms with Gasteiger partial charge in [-0.15, -0.1) is 0 Å². The molecule has 5 aromatic rings. The fourth-order valence-electron chi connectivity index (χ4n) is 8.90. The van der Waals surface area contributed by atoms with Crippen molar-refractivity contribution in [2.45, 2.75) is 73.4 Å². The van der Waals surface area contributed by atoms with Gasteiger partial charge in [-0.2, -0.15) is 0 Å². The molecule has 10 atom stereocenters. The number of esters is 1. The third kappa shape index (κ3) is 6.53. The Hall–Kier alpha value is -6.30. The zero-order chi connectivity index (χ0) is 41.9. The van der Waals surface area contributed by atoms with E-state index in [1.165, 1.54) is 12.3 Å². The fraction of sp³-hybridized carbons (Fsp3) is 0.318. The summed E-state index contributed by atoms with van der Waals surface area (Å²) < 4.78 is 43.7. The minimum absolute atomic E-state index is 0.144. The van der Waals surface area contributed by atoms with E-state index in [0.29, 0.717) is 40.5 Å². The highest BCUT2D eigenvalue weighted by Crippen LogP contribution is 2.60. The number of aliphatic carboxylic acids is 1. The normalized spacial score (nSPS) is 28.7. The van der Waals surface area contributed by atoms with E-state index in [2.05, 4.69) is 10.3 Å². The first-order valence-electron chi connectivity index (χ1n) is 19.4. The number of fused-ring (bicyclic) bond motifs is 6. The first kappa shape index (κ1) is 39.2. The summed E-state index contributed by atoms with van der Waals surface area (Å²) in [5, 5.41) is 47.0. The standard InChI is InChI=1S/C44H43N3O13/c1-54-28-13-12-24-33-29(16-21-8-4-3-5-9-21)57-30-18-22(17-25(26-20-47-27-11-7-6-10-23(26)27)34(30)39(33)59-37(24)38(28)55-2)56-43-36(52)35(51)40(53)44(60-43)14-15-46-42(45)41(44)58-32(50)19-31(48)49/h3-15,17-18,20,29,33,35-36,39-43,46-47,51-53H,16,19,45H2,1-2H3,(H,48,49). The van der Waals surface area contributed by atoms with Crippen molar-refractivity contribution >= 4 is 22.8 Å². The van der Waals surface area contributed by atoms with E-state index in [1.807, 2.05) is 72.9 Å². The number of aromatic amines is 1. The number of carboxylic acids is 1. The molecule has 5 heterocycles. The Morgan fingerprint density at radius 3 is 2.47 bits per heavy atom. The van der Waals surface area contributed by atoms with E-state index in [4.69, 9.17) is 38.9 Å². The van der Waals surface area contributed by atoms with Crippen LogP contribution in [0.3, 0.4) is 0 Å². The Morgan fingerprint density at radius 2 is 1.70 bits per heavy atom. The van der Waals surface area contributed by atoms with Crippen molar-refractivity contribution in [3.8, 4) is 39.9 Å². The molecule has 0 aliphatic carbocycles. The van der Waals surface area contributed by atoms with Crippen LogP contribution in [0.5, 0.6) is 28.7 Å². The highest BCUT2D eigenvalue weighted by molar-refractivity contribution is 5.97. The molecule has 9 rings (SSSR count). The number of nitrogens with one attached hydrogen (secondary N) is 2. The van der Waals surface area contributed by atoms with Crippen LogP contribution >= 0.6 is 0 Å². The van der Waals surface area contributed by atoms with Crippen molar-refractivity contribution < 1.29 is 63.2 Å². The number of benzene rings is 4. The molecular formula is C44H43N3O13. The van der Waals surface area contributed by atoms with E-state index in [0.717, 1.165) is 27.6 Å². The Morgan fingerprint density at radius 1 is 0.917 bits per heavy atom. The van der Waals surface area contributed by atoms with Gasteiger partial charge in [0.05, 0.1) is 20.1 Å². The number of nitrogens with two attached hydrogens (primary N) is 1. The van der Waals surface area contributed by atoms with Crippen molar-refractivity contribution in [3.63, 3.8) is 0 Å². The van der Waals surface area contributed by atoms with Gasteiger partial charge < -0.3 is 69.6 Å².